The number of hydrogen-bond acceptors (Lipinski definition) is 3. The second-order valence-corrected chi connectivity index (χ2v) is 6.94. The first-order valence-corrected chi connectivity index (χ1v) is 8.77. The molecule has 2 aromatic carbocycles. The van der Waals surface area contributed by atoms with Crippen molar-refractivity contribution in [2.75, 3.05) is 0 Å². The molecule has 0 spiro atoms. The van der Waals surface area contributed by atoms with Gasteiger partial charge < -0.3 is 5.11 Å². The molecule has 136 valence electrons. The predicted octanol–water partition coefficient (Wildman–Crippen LogP) is 4.85. The van der Waals surface area contributed by atoms with E-state index in [1.807, 2.05) is 45.9 Å². The van der Waals surface area contributed by atoms with Gasteiger partial charge >= 0.3 is 5.97 Å². The van der Waals surface area contributed by atoms with Crippen LogP contribution in [-0.2, 0) is 0 Å². The summed E-state index contributed by atoms with van der Waals surface area (Å²) in [6.07, 6.45) is 0. The molecule has 0 aliphatic carbocycles. The molecular weight excluding hydrogens is 338 g/mol. The van der Waals surface area contributed by atoms with Crippen molar-refractivity contribution in [2.24, 2.45) is 0 Å². The maximum atomic E-state index is 12.1. The summed E-state index contributed by atoms with van der Waals surface area (Å²) in [5, 5.41) is 23.6. The molecule has 5 heteroatoms. The van der Waals surface area contributed by atoms with Crippen molar-refractivity contribution in [2.45, 2.75) is 33.6 Å². The second kappa shape index (κ2) is 7.08. The Balaban J connectivity index is 2.29. The lowest BCUT2D eigenvalue weighted by Gasteiger charge is -2.12. The largest absolute Gasteiger partial charge is 0.478 e. The van der Waals surface area contributed by atoms with Gasteiger partial charge in [-0.25, -0.2) is 9.48 Å². The molecule has 3 aromatic rings. The number of carboxylic acid groups (broad SMARTS) is 1. The smallest absolute Gasteiger partial charge is 0.339 e. The summed E-state index contributed by atoms with van der Waals surface area (Å²) in [5.41, 5.74) is 5.60. The Morgan fingerprint density at radius 3 is 2.30 bits per heavy atom. The fourth-order valence-electron chi connectivity index (χ4n) is 3.13. The molecule has 5 nitrogen and oxygen atoms in total. The van der Waals surface area contributed by atoms with Crippen LogP contribution in [0.25, 0.3) is 16.9 Å². The SMILES string of the molecule is Cc1ccc(-n2nc(-c3ccc(C#N)cc3)c(C(=O)O)c2C(C)C)cc1C. The minimum Gasteiger partial charge on any atom is -0.478 e. The molecule has 0 unspecified atom stereocenters. The number of hydrogen-bond donors (Lipinski definition) is 1. The van der Waals surface area contributed by atoms with E-state index >= 15 is 0 Å². The third kappa shape index (κ3) is 3.34. The average molecular weight is 359 g/mol. The molecule has 0 saturated carbocycles. The molecule has 0 radical (unpaired) electrons. The summed E-state index contributed by atoms with van der Waals surface area (Å²) < 4.78 is 1.73. The van der Waals surface area contributed by atoms with Gasteiger partial charge in [-0.1, -0.05) is 32.0 Å². The fourth-order valence-corrected chi connectivity index (χ4v) is 3.13. The molecule has 0 aliphatic heterocycles. The number of aromatic nitrogens is 2. The van der Waals surface area contributed by atoms with Crippen LogP contribution in [-0.4, -0.2) is 20.9 Å². The molecule has 0 atom stereocenters. The molecule has 1 N–H and O–H groups in total. The number of carboxylic acids is 1. The van der Waals surface area contributed by atoms with Gasteiger partial charge in [-0.15, -0.1) is 0 Å². The summed E-state index contributed by atoms with van der Waals surface area (Å²) in [6.45, 7) is 7.99. The summed E-state index contributed by atoms with van der Waals surface area (Å²) in [5.74, 6) is -1.04. The highest BCUT2D eigenvalue weighted by atomic mass is 16.4. The van der Waals surface area contributed by atoms with Crippen LogP contribution in [0.2, 0.25) is 0 Å². The molecule has 1 aromatic heterocycles. The topological polar surface area (TPSA) is 78.9 Å². The van der Waals surface area contributed by atoms with Crippen LogP contribution < -0.4 is 0 Å². The maximum Gasteiger partial charge on any atom is 0.339 e. The van der Waals surface area contributed by atoms with Gasteiger partial charge in [0, 0.05) is 5.56 Å². The van der Waals surface area contributed by atoms with Crippen LogP contribution >= 0.6 is 0 Å². The summed E-state index contributed by atoms with van der Waals surface area (Å²) >= 11 is 0. The van der Waals surface area contributed by atoms with Crippen molar-refractivity contribution in [3.8, 4) is 23.0 Å². The van der Waals surface area contributed by atoms with Crippen molar-refractivity contribution < 1.29 is 9.90 Å². The number of nitrogens with zero attached hydrogens (tertiary/aromatic N) is 3. The molecule has 0 fully saturated rings. The summed E-state index contributed by atoms with van der Waals surface area (Å²) in [6, 6.07) is 14.9. The van der Waals surface area contributed by atoms with Crippen LogP contribution in [0.4, 0.5) is 0 Å². The first kappa shape index (κ1) is 18.4. The molecule has 0 aliphatic rings. The Kier molecular flexibility index (Phi) is 4.83. The minimum atomic E-state index is -1.01. The normalized spacial score (nSPS) is 10.8. The van der Waals surface area contributed by atoms with Crippen LogP contribution in [0.1, 0.15) is 52.5 Å². The quantitative estimate of drug-likeness (QED) is 0.722. The molecule has 0 saturated heterocycles. The third-order valence-corrected chi connectivity index (χ3v) is 4.70. The maximum absolute atomic E-state index is 12.1. The molecule has 3 rings (SSSR count). The highest BCUT2D eigenvalue weighted by molar-refractivity contribution is 5.96. The zero-order valence-corrected chi connectivity index (χ0v) is 15.8. The predicted molar refractivity (Wildman–Crippen MR) is 104 cm³/mol. The Bertz CT molecular complexity index is 1050. The van der Waals surface area contributed by atoms with E-state index in [1.165, 1.54) is 5.56 Å². The molecule has 1 heterocycles. The lowest BCUT2D eigenvalue weighted by atomic mass is 9.99. The highest BCUT2D eigenvalue weighted by Crippen LogP contribution is 2.32. The third-order valence-electron chi connectivity index (χ3n) is 4.70. The Hall–Kier alpha value is -3.39. The number of rotatable bonds is 4. The Morgan fingerprint density at radius 1 is 1.11 bits per heavy atom. The monoisotopic (exact) mass is 359 g/mol. The Labute approximate surface area is 158 Å². The lowest BCUT2D eigenvalue weighted by molar-refractivity contribution is 0.0696. The van der Waals surface area contributed by atoms with Crippen LogP contribution in [0.3, 0.4) is 0 Å². The van der Waals surface area contributed by atoms with Gasteiger partial charge in [0.15, 0.2) is 0 Å². The summed E-state index contributed by atoms with van der Waals surface area (Å²) in [4.78, 5) is 12.1. The van der Waals surface area contributed by atoms with E-state index in [2.05, 4.69) is 11.2 Å². The van der Waals surface area contributed by atoms with Gasteiger partial charge in [0.2, 0.25) is 0 Å². The number of carbonyl (C=O) groups is 1. The first-order chi connectivity index (χ1) is 12.8. The van der Waals surface area contributed by atoms with Crippen molar-refractivity contribution in [3.63, 3.8) is 0 Å². The minimum absolute atomic E-state index is 0.0302. The van der Waals surface area contributed by atoms with Crippen molar-refractivity contribution in [1.82, 2.24) is 9.78 Å². The molecule has 0 amide bonds. The van der Waals surface area contributed by atoms with Crippen molar-refractivity contribution in [1.29, 1.82) is 5.26 Å². The van der Waals surface area contributed by atoms with Gasteiger partial charge in [-0.2, -0.15) is 10.4 Å². The number of benzene rings is 2. The second-order valence-electron chi connectivity index (χ2n) is 6.94. The van der Waals surface area contributed by atoms with Gasteiger partial charge in [-0.3, -0.25) is 0 Å². The molecular formula is C22H21N3O2. The molecule has 0 bridgehead atoms. The fraction of sp³-hybridized carbons (Fsp3) is 0.227. The van der Waals surface area contributed by atoms with E-state index in [0.717, 1.165) is 11.3 Å². The van der Waals surface area contributed by atoms with Gasteiger partial charge in [-0.05, 0) is 55.2 Å². The van der Waals surface area contributed by atoms with E-state index < -0.39 is 5.97 Å². The average Bonchev–Trinajstić information content (AvgIpc) is 3.05. The van der Waals surface area contributed by atoms with E-state index in [1.54, 1.807) is 28.9 Å². The first-order valence-electron chi connectivity index (χ1n) is 8.77. The van der Waals surface area contributed by atoms with Gasteiger partial charge in [0.1, 0.15) is 11.3 Å². The van der Waals surface area contributed by atoms with Crippen LogP contribution in [0.15, 0.2) is 42.5 Å². The van der Waals surface area contributed by atoms with Crippen LogP contribution in [0, 0.1) is 25.2 Å². The van der Waals surface area contributed by atoms with Crippen molar-refractivity contribution >= 4 is 5.97 Å². The summed E-state index contributed by atoms with van der Waals surface area (Å²) in [7, 11) is 0. The van der Waals surface area contributed by atoms with E-state index in [4.69, 9.17) is 5.26 Å². The van der Waals surface area contributed by atoms with Gasteiger partial charge in [0.05, 0.1) is 23.0 Å². The van der Waals surface area contributed by atoms with Crippen molar-refractivity contribution in [3.05, 3.63) is 70.4 Å². The number of aryl methyl sites for hydroxylation is 2. The van der Waals surface area contributed by atoms with E-state index in [-0.39, 0.29) is 11.5 Å². The number of aromatic carboxylic acids is 1. The zero-order valence-electron chi connectivity index (χ0n) is 15.8. The van der Waals surface area contributed by atoms with E-state index in [0.29, 0.717) is 22.5 Å². The van der Waals surface area contributed by atoms with Crippen LogP contribution in [0.5, 0.6) is 0 Å². The zero-order chi connectivity index (χ0) is 19.7. The van der Waals surface area contributed by atoms with E-state index in [9.17, 15) is 9.90 Å². The Morgan fingerprint density at radius 2 is 1.78 bits per heavy atom. The molecule has 27 heavy (non-hydrogen) atoms. The van der Waals surface area contributed by atoms with Gasteiger partial charge in [0.25, 0.3) is 0 Å². The standard InChI is InChI=1S/C22H21N3O2/c1-13(2)21-19(22(26)27)20(17-8-6-16(12-23)7-9-17)24-25(21)18-10-5-14(3)15(4)11-18/h5-11,13H,1-4H3,(H,26,27). The lowest BCUT2D eigenvalue weighted by Crippen LogP contribution is -2.08. The number of nitriles is 1. The highest BCUT2D eigenvalue weighted by Gasteiger charge is 2.27.